The molecule has 0 radical (unpaired) electrons. The van der Waals surface area contributed by atoms with Gasteiger partial charge >= 0.3 is 5.97 Å². The summed E-state index contributed by atoms with van der Waals surface area (Å²) >= 11 is 0. The van der Waals surface area contributed by atoms with Crippen LogP contribution in [0.3, 0.4) is 0 Å². The molecule has 0 unspecified atom stereocenters. The number of benzene rings is 1. The fourth-order valence-electron chi connectivity index (χ4n) is 4.89. The Balaban J connectivity index is 1.14. The van der Waals surface area contributed by atoms with Crippen LogP contribution < -0.4 is 10.3 Å². The van der Waals surface area contributed by atoms with E-state index in [0.717, 1.165) is 24.5 Å². The van der Waals surface area contributed by atoms with Crippen molar-refractivity contribution in [2.45, 2.75) is 44.4 Å². The summed E-state index contributed by atoms with van der Waals surface area (Å²) in [5, 5.41) is 21.8. The highest BCUT2D eigenvalue weighted by molar-refractivity contribution is 5.92. The Bertz CT molecular complexity index is 1610. The summed E-state index contributed by atoms with van der Waals surface area (Å²) in [5.74, 6) is -1.80. The maximum absolute atomic E-state index is 15.2. The van der Waals surface area contributed by atoms with Gasteiger partial charge in [0.2, 0.25) is 5.43 Å². The van der Waals surface area contributed by atoms with Gasteiger partial charge in [0.15, 0.2) is 11.6 Å². The van der Waals surface area contributed by atoms with Crippen LogP contribution in [0.4, 0.5) is 10.2 Å². The van der Waals surface area contributed by atoms with Crippen molar-refractivity contribution in [2.75, 3.05) is 18.0 Å². The summed E-state index contributed by atoms with van der Waals surface area (Å²) in [4.78, 5) is 36.0. The van der Waals surface area contributed by atoms with Crippen LogP contribution in [0.25, 0.3) is 11.0 Å². The van der Waals surface area contributed by atoms with Gasteiger partial charge in [0, 0.05) is 25.3 Å². The SMILES string of the molecule is O=C(O)c1cn(C2CC2)c2nc(N3CCC(n4cc(/C=N/OCc5ccccc5)nn4)CC3)c(F)cc2c1=O. The molecule has 4 aromatic rings. The van der Waals surface area contributed by atoms with Crippen LogP contribution in [0.5, 0.6) is 0 Å². The van der Waals surface area contributed by atoms with Crippen molar-refractivity contribution in [1.82, 2.24) is 24.5 Å². The van der Waals surface area contributed by atoms with E-state index in [2.05, 4.69) is 20.5 Å². The predicted octanol–water partition coefficient (Wildman–Crippen LogP) is 3.55. The molecule has 0 amide bonds. The molecule has 1 saturated heterocycles. The van der Waals surface area contributed by atoms with E-state index in [4.69, 9.17) is 4.84 Å². The number of carboxylic acids is 1. The Kier molecular flexibility index (Phi) is 6.51. The normalized spacial score (nSPS) is 16.3. The van der Waals surface area contributed by atoms with Crippen molar-refractivity contribution < 1.29 is 19.1 Å². The molecule has 1 aliphatic heterocycles. The molecule has 39 heavy (non-hydrogen) atoms. The van der Waals surface area contributed by atoms with Gasteiger partial charge < -0.3 is 19.4 Å². The van der Waals surface area contributed by atoms with E-state index in [9.17, 15) is 14.7 Å². The fraction of sp³-hybridized carbons (Fsp3) is 0.333. The lowest BCUT2D eigenvalue weighted by Gasteiger charge is -2.33. The number of carbonyl (C=O) groups is 1. The molecule has 2 aliphatic rings. The third-order valence-electron chi connectivity index (χ3n) is 7.11. The number of oxime groups is 1. The first-order valence-electron chi connectivity index (χ1n) is 12.8. The molecule has 4 heterocycles. The molecule has 3 aromatic heterocycles. The summed E-state index contributed by atoms with van der Waals surface area (Å²) in [6.07, 6.45) is 7.77. The number of aromatic carboxylic acids is 1. The van der Waals surface area contributed by atoms with E-state index < -0.39 is 17.2 Å². The van der Waals surface area contributed by atoms with Gasteiger partial charge in [-0.05, 0) is 37.3 Å². The third-order valence-corrected chi connectivity index (χ3v) is 7.11. The van der Waals surface area contributed by atoms with E-state index in [-0.39, 0.29) is 28.9 Å². The van der Waals surface area contributed by atoms with E-state index in [0.29, 0.717) is 43.9 Å². The Labute approximate surface area is 222 Å². The highest BCUT2D eigenvalue weighted by Crippen LogP contribution is 2.37. The summed E-state index contributed by atoms with van der Waals surface area (Å²) in [7, 11) is 0. The van der Waals surface area contributed by atoms with Crippen molar-refractivity contribution in [3.8, 4) is 0 Å². The van der Waals surface area contributed by atoms with E-state index in [1.807, 2.05) is 35.2 Å². The molecule has 1 aliphatic carbocycles. The number of carboxylic acid groups (broad SMARTS) is 1. The van der Waals surface area contributed by atoms with Crippen molar-refractivity contribution in [2.24, 2.45) is 5.16 Å². The van der Waals surface area contributed by atoms with E-state index in [1.165, 1.54) is 12.4 Å². The second-order valence-electron chi connectivity index (χ2n) is 9.82. The predicted molar refractivity (Wildman–Crippen MR) is 141 cm³/mol. The van der Waals surface area contributed by atoms with Crippen molar-refractivity contribution in [3.05, 3.63) is 81.7 Å². The van der Waals surface area contributed by atoms with Crippen molar-refractivity contribution in [1.29, 1.82) is 0 Å². The quantitative estimate of drug-likeness (QED) is 0.270. The first kappa shape index (κ1) is 24.7. The molecule has 200 valence electrons. The molecular formula is C27H26FN7O4. The molecule has 0 atom stereocenters. The molecular weight excluding hydrogens is 505 g/mol. The van der Waals surface area contributed by atoms with Crippen LogP contribution in [0.15, 0.2) is 58.7 Å². The molecule has 11 nitrogen and oxygen atoms in total. The minimum atomic E-state index is -1.33. The Morgan fingerprint density at radius 1 is 1.13 bits per heavy atom. The summed E-state index contributed by atoms with van der Waals surface area (Å²) in [5.41, 5.74) is 0.821. The number of aromatic nitrogens is 5. The first-order valence-corrected chi connectivity index (χ1v) is 12.8. The standard InChI is InChI=1S/C27H26FN7O4/c28-23-12-21-24(36)22(27(37)38)15-34(19-6-7-19)25(21)30-26(23)33-10-8-20(9-11-33)35-14-18(31-32-35)13-29-39-16-17-4-2-1-3-5-17/h1-5,12-15,19-20H,6-11,16H2,(H,37,38)/b29-13+. The van der Waals surface area contributed by atoms with Gasteiger partial charge in [-0.3, -0.25) is 4.79 Å². The van der Waals surface area contributed by atoms with E-state index in [1.54, 1.807) is 15.4 Å². The van der Waals surface area contributed by atoms with Crippen LogP contribution in [-0.2, 0) is 11.4 Å². The zero-order valence-electron chi connectivity index (χ0n) is 21.0. The average molecular weight is 532 g/mol. The number of nitrogens with zero attached hydrogens (tertiary/aromatic N) is 7. The van der Waals surface area contributed by atoms with Gasteiger partial charge in [-0.15, -0.1) is 5.10 Å². The van der Waals surface area contributed by atoms with Crippen LogP contribution in [0, 0.1) is 5.82 Å². The number of rotatable bonds is 8. The molecule has 12 heteroatoms. The topological polar surface area (TPSA) is 128 Å². The molecule has 1 aromatic carbocycles. The minimum Gasteiger partial charge on any atom is -0.477 e. The second kappa shape index (κ2) is 10.3. The lowest BCUT2D eigenvalue weighted by molar-refractivity contribution is 0.0695. The van der Waals surface area contributed by atoms with Crippen molar-refractivity contribution in [3.63, 3.8) is 0 Å². The van der Waals surface area contributed by atoms with Crippen LogP contribution in [-0.4, -0.2) is 54.9 Å². The zero-order valence-corrected chi connectivity index (χ0v) is 21.0. The van der Waals surface area contributed by atoms with Crippen LogP contribution in [0.1, 0.15) is 59.4 Å². The largest absolute Gasteiger partial charge is 0.477 e. The zero-order chi connectivity index (χ0) is 26.9. The van der Waals surface area contributed by atoms with Crippen LogP contribution in [0.2, 0.25) is 0 Å². The summed E-state index contributed by atoms with van der Waals surface area (Å²) in [6, 6.07) is 11.0. The molecule has 0 bridgehead atoms. The molecule has 6 rings (SSSR count). The third kappa shape index (κ3) is 5.09. The first-order chi connectivity index (χ1) is 19.0. The number of hydrogen-bond acceptors (Lipinski definition) is 8. The minimum absolute atomic E-state index is 0.0116. The maximum Gasteiger partial charge on any atom is 0.341 e. The number of anilines is 1. The molecule has 1 N–H and O–H groups in total. The van der Waals surface area contributed by atoms with Gasteiger partial charge in [0.1, 0.15) is 23.5 Å². The van der Waals surface area contributed by atoms with Gasteiger partial charge in [-0.25, -0.2) is 18.9 Å². The van der Waals surface area contributed by atoms with Crippen molar-refractivity contribution >= 4 is 29.0 Å². The number of hydrogen-bond donors (Lipinski definition) is 1. The van der Waals surface area contributed by atoms with E-state index >= 15 is 4.39 Å². The molecule has 1 saturated carbocycles. The lowest BCUT2D eigenvalue weighted by Crippen LogP contribution is -2.36. The Hall–Kier alpha value is -4.61. The summed E-state index contributed by atoms with van der Waals surface area (Å²) in [6.45, 7) is 1.43. The highest BCUT2D eigenvalue weighted by atomic mass is 19.1. The average Bonchev–Trinajstić information content (AvgIpc) is 3.68. The van der Waals surface area contributed by atoms with Gasteiger partial charge in [-0.1, -0.05) is 40.7 Å². The Morgan fingerprint density at radius 2 is 1.90 bits per heavy atom. The van der Waals surface area contributed by atoms with Crippen LogP contribution >= 0.6 is 0 Å². The number of fused-ring (bicyclic) bond motifs is 1. The smallest absolute Gasteiger partial charge is 0.341 e. The monoisotopic (exact) mass is 531 g/mol. The number of halogens is 1. The van der Waals surface area contributed by atoms with Gasteiger partial charge in [0.05, 0.1) is 23.8 Å². The van der Waals surface area contributed by atoms with Gasteiger partial charge in [0.25, 0.3) is 0 Å². The fourth-order valence-corrected chi connectivity index (χ4v) is 4.89. The number of pyridine rings is 2. The highest BCUT2D eigenvalue weighted by Gasteiger charge is 2.30. The van der Waals surface area contributed by atoms with Gasteiger partial charge in [-0.2, -0.15) is 0 Å². The second-order valence-corrected chi connectivity index (χ2v) is 9.82. The maximum atomic E-state index is 15.2. The number of piperidine rings is 1. The Morgan fingerprint density at radius 3 is 2.62 bits per heavy atom. The molecule has 2 fully saturated rings. The molecule has 0 spiro atoms. The lowest BCUT2D eigenvalue weighted by atomic mass is 10.1. The summed E-state index contributed by atoms with van der Waals surface area (Å²) < 4.78 is 18.7.